The first-order valence-corrected chi connectivity index (χ1v) is 17.9. The number of nitrogens with zero attached hydrogens (tertiary/aromatic N) is 1. The van der Waals surface area contributed by atoms with Crippen molar-refractivity contribution in [1.82, 2.24) is 4.44 Å². The van der Waals surface area contributed by atoms with E-state index in [0.717, 1.165) is 5.92 Å². The summed E-state index contributed by atoms with van der Waals surface area (Å²) in [5.41, 5.74) is 0.435. The first kappa shape index (κ1) is 27.8. The lowest BCUT2D eigenvalue weighted by Gasteiger charge is -2.53. The number of rotatable bonds is 8. The van der Waals surface area contributed by atoms with E-state index in [0.29, 0.717) is 11.5 Å². The van der Waals surface area contributed by atoms with Crippen molar-refractivity contribution >= 4 is 37.4 Å². The smallest absolute Gasteiger partial charge is 0.0325 e. The molecule has 0 radical (unpaired) electrons. The van der Waals surface area contributed by atoms with Crippen molar-refractivity contribution in [2.45, 2.75) is 70.8 Å². The monoisotopic (exact) mass is 563 g/mol. The molecule has 2 aliphatic carbocycles. The molecule has 3 heteroatoms. The van der Waals surface area contributed by atoms with Crippen molar-refractivity contribution in [3.8, 4) is 0 Å². The van der Waals surface area contributed by atoms with Gasteiger partial charge in [0.05, 0.1) is 0 Å². The van der Waals surface area contributed by atoms with Crippen LogP contribution in [0.25, 0.3) is 0 Å². The molecule has 2 saturated carbocycles. The molecule has 1 nitrogen and oxygen atoms in total. The Labute approximate surface area is 244 Å². The minimum atomic E-state index is -0.732. The zero-order valence-electron chi connectivity index (χ0n) is 23.9. The van der Waals surface area contributed by atoms with Crippen molar-refractivity contribution in [1.29, 1.82) is 0 Å². The fraction of sp³-hybridized carbons (Fsp3) is 0.351. The molecule has 0 N–H and O–H groups in total. The van der Waals surface area contributed by atoms with Crippen LogP contribution in [-0.4, -0.2) is 10.5 Å². The summed E-state index contributed by atoms with van der Waals surface area (Å²) < 4.78 is 3.11. The van der Waals surface area contributed by atoms with Crippen molar-refractivity contribution < 1.29 is 0 Å². The normalized spacial score (nSPS) is 21.1. The zero-order chi connectivity index (χ0) is 27.2. The van der Waals surface area contributed by atoms with Gasteiger partial charge in [-0.2, -0.15) is 0 Å². The molecule has 40 heavy (non-hydrogen) atoms. The summed E-state index contributed by atoms with van der Waals surface area (Å²) in [4.78, 5) is 0. The van der Waals surface area contributed by atoms with Crippen LogP contribution in [-0.2, 0) is 0 Å². The van der Waals surface area contributed by atoms with Crippen molar-refractivity contribution in [3.05, 3.63) is 121 Å². The second kappa shape index (κ2) is 13.1. The molecule has 0 saturated heterocycles. The highest BCUT2D eigenvalue weighted by Gasteiger charge is 2.47. The van der Waals surface area contributed by atoms with Gasteiger partial charge in [0.15, 0.2) is 0 Å². The topological polar surface area (TPSA) is 3.24 Å². The average Bonchev–Trinajstić information content (AvgIpc) is 3.03. The lowest BCUT2D eigenvalue weighted by Crippen LogP contribution is -2.49. The molecule has 6 rings (SSSR count). The van der Waals surface area contributed by atoms with Crippen LogP contribution in [0, 0.1) is 11.3 Å². The molecule has 2 fully saturated rings. The Kier molecular flexibility index (Phi) is 9.14. The van der Waals surface area contributed by atoms with Crippen LogP contribution in [0.15, 0.2) is 121 Å². The predicted molar refractivity (Wildman–Crippen MR) is 177 cm³/mol. The zero-order valence-corrected chi connectivity index (χ0v) is 25.7. The summed E-state index contributed by atoms with van der Waals surface area (Å²) >= 11 is 0. The summed E-state index contributed by atoms with van der Waals surface area (Å²) in [6.07, 6.45) is 12.4. The summed E-state index contributed by atoms with van der Waals surface area (Å²) in [7, 11) is -1.46. The van der Waals surface area contributed by atoms with Gasteiger partial charge in [-0.15, -0.1) is 0 Å². The van der Waals surface area contributed by atoms with E-state index in [1.54, 1.807) is 0 Å². The maximum atomic E-state index is 3.11. The maximum Gasteiger partial charge on any atom is 0.0325 e. The molecule has 0 bridgehead atoms. The largest absolute Gasteiger partial charge is 0.241 e. The fourth-order valence-corrected chi connectivity index (χ4v) is 13.8. The molecule has 4 aromatic carbocycles. The van der Waals surface area contributed by atoms with Gasteiger partial charge in [0, 0.05) is 22.2 Å². The van der Waals surface area contributed by atoms with E-state index >= 15 is 0 Å². The Balaban J connectivity index is 1.59. The molecule has 0 aromatic heterocycles. The van der Waals surface area contributed by atoms with Crippen LogP contribution in [0.2, 0.25) is 0 Å². The van der Waals surface area contributed by atoms with Crippen LogP contribution in [0.3, 0.4) is 0 Å². The molecule has 4 aromatic rings. The van der Waals surface area contributed by atoms with Crippen LogP contribution in [0.5, 0.6) is 0 Å². The van der Waals surface area contributed by atoms with Crippen molar-refractivity contribution in [2.75, 3.05) is 0 Å². The van der Waals surface area contributed by atoms with Crippen LogP contribution in [0.4, 0.5) is 0 Å². The highest BCUT2D eigenvalue weighted by Crippen LogP contribution is 2.61. The number of hydrogen-bond donors (Lipinski definition) is 0. The highest BCUT2D eigenvalue weighted by atomic mass is 31.2. The van der Waals surface area contributed by atoms with E-state index < -0.39 is 16.1 Å². The van der Waals surface area contributed by atoms with Gasteiger partial charge in [0.25, 0.3) is 0 Å². The Morgan fingerprint density at radius 1 is 0.500 bits per heavy atom. The molecular formula is C37H43NP2. The lowest BCUT2D eigenvalue weighted by atomic mass is 9.61. The van der Waals surface area contributed by atoms with Crippen molar-refractivity contribution in [3.63, 3.8) is 0 Å². The van der Waals surface area contributed by atoms with E-state index in [1.165, 1.54) is 79.0 Å². The Hall–Kier alpha value is -2.30. The summed E-state index contributed by atoms with van der Waals surface area (Å²) in [5, 5.41) is 5.89. The third-order valence-electron chi connectivity index (χ3n) is 9.33. The fourth-order valence-electron chi connectivity index (χ4n) is 7.37. The second-order valence-electron chi connectivity index (χ2n) is 12.0. The molecule has 0 unspecified atom stereocenters. The van der Waals surface area contributed by atoms with E-state index in [1.807, 2.05) is 0 Å². The second-order valence-corrected chi connectivity index (χ2v) is 16.4. The first-order chi connectivity index (χ1) is 19.7. The van der Waals surface area contributed by atoms with E-state index in [9.17, 15) is 0 Å². The van der Waals surface area contributed by atoms with Gasteiger partial charge in [-0.25, -0.2) is 4.44 Å². The van der Waals surface area contributed by atoms with E-state index in [2.05, 4.69) is 133 Å². The quantitative estimate of drug-likeness (QED) is 0.194. The molecule has 0 heterocycles. The van der Waals surface area contributed by atoms with Gasteiger partial charge >= 0.3 is 0 Å². The molecule has 2 atom stereocenters. The van der Waals surface area contributed by atoms with Gasteiger partial charge in [0.1, 0.15) is 0 Å². The van der Waals surface area contributed by atoms with E-state index in [4.69, 9.17) is 0 Å². The number of hydrogen-bond acceptors (Lipinski definition) is 1. The summed E-state index contributed by atoms with van der Waals surface area (Å²) in [5.74, 6) is 0.733. The molecule has 0 amide bonds. The molecular weight excluding hydrogens is 520 g/mol. The van der Waals surface area contributed by atoms with Crippen LogP contribution >= 0.6 is 16.1 Å². The minimum Gasteiger partial charge on any atom is -0.241 e. The third kappa shape index (κ3) is 5.99. The van der Waals surface area contributed by atoms with Gasteiger partial charge in [0.2, 0.25) is 0 Å². The Bertz CT molecular complexity index is 1140. The minimum absolute atomic E-state index is 0.435. The van der Waals surface area contributed by atoms with Gasteiger partial charge in [-0.05, 0) is 58.2 Å². The molecule has 0 spiro atoms. The Morgan fingerprint density at radius 2 is 0.875 bits per heavy atom. The maximum absolute atomic E-state index is 3.11. The van der Waals surface area contributed by atoms with Crippen LogP contribution < -0.4 is 21.2 Å². The Morgan fingerprint density at radius 3 is 1.27 bits per heavy atom. The van der Waals surface area contributed by atoms with Gasteiger partial charge < -0.3 is 0 Å². The predicted octanol–water partition coefficient (Wildman–Crippen LogP) is 8.91. The number of benzene rings is 4. The average molecular weight is 564 g/mol. The first-order valence-electron chi connectivity index (χ1n) is 15.3. The lowest BCUT2D eigenvalue weighted by molar-refractivity contribution is 0.0516. The van der Waals surface area contributed by atoms with Gasteiger partial charge in [-0.3, -0.25) is 0 Å². The van der Waals surface area contributed by atoms with E-state index in [-0.39, 0.29) is 0 Å². The highest BCUT2D eigenvalue weighted by molar-refractivity contribution is 7.84. The standard InChI is InChI=1S/C37H43NP2/c1-37(29-17-6-18-30-37)35-27-15-16-28-36(35)38(39(31-19-7-2-8-20-31)32-21-9-3-10-22-32)40(33-23-11-4-12-24-33)34-25-13-5-14-26-34/h2-5,7-14,19-26,35-36H,6,15-18,27-30H2,1H3/t35-,36-/m0/s1. The van der Waals surface area contributed by atoms with Crippen molar-refractivity contribution in [2.24, 2.45) is 11.3 Å². The summed E-state index contributed by atoms with van der Waals surface area (Å²) in [6, 6.07) is 46.5. The summed E-state index contributed by atoms with van der Waals surface area (Å²) in [6.45, 7) is 2.66. The molecule has 2 aliphatic rings. The molecule has 206 valence electrons. The molecule has 0 aliphatic heterocycles. The van der Waals surface area contributed by atoms with Gasteiger partial charge in [-0.1, -0.05) is 160 Å². The third-order valence-corrected chi connectivity index (χ3v) is 15.0. The SMILES string of the molecule is CC1([C@H]2CCCC[C@@H]2N(P(c2ccccc2)c2ccccc2)P(c2ccccc2)c2ccccc2)CCCCC1. The van der Waals surface area contributed by atoms with Crippen LogP contribution in [0.1, 0.15) is 64.7 Å².